The Bertz CT molecular complexity index is 294. The molecule has 2 atom stereocenters. The summed E-state index contributed by atoms with van der Waals surface area (Å²) in [6.45, 7) is 6.35. The average molecular weight is 272 g/mol. The summed E-state index contributed by atoms with van der Waals surface area (Å²) in [5.41, 5.74) is 5.41. The van der Waals surface area contributed by atoms with Crippen LogP contribution in [-0.2, 0) is 14.3 Å². The van der Waals surface area contributed by atoms with Crippen LogP contribution in [0, 0.1) is 5.41 Å². The van der Waals surface area contributed by atoms with E-state index in [4.69, 9.17) is 15.2 Å². The summed E-state index contributed by atoms with van der Waals surface area (Å²) in [5.74, 6) is -0.149. The summed E-state index contributed by atoms with van der Waals surface area (Å²) < 4.78 is 10.3. The number of carbonyl (C=O) groups is 1. The van der Waals surface area contributed by atoms with Crippen LogP contribution in [0.1, 0.15) is 33.1 Å². The van der Waals surface area contributed by atoms with E-state index >= 15 is 0 Å². The van der Waals surface area contributed by atoms with Crippen molar-refractivity contribution in [3.63, 3.8) is 0 Å². The van der Waals surface area contributed by atoms with E-state index in [0.717, 1.165) is 32.4 Å². The summed E-state index contributed by atoms with van der Waals surface area (Å²) >= 11 is 0. The van der Waals surface area contributed by atoms with Gasteiger partial charge in [0.25, 0.3) is 0 Å². The molecule has 0 amide bonds. The number of nitrogens with two attached hydrogens (primary N) is 1. The van der Waals surface area contributed by atoms with E-state index in [9.17, 15) is 4.79 Å². The second-order valence-electron chi connectivity index (χ2n) is 5.93. The lowest BCUT2D eigenvalue weighted by atomic mass is 9.88. The van der Waals surface area contributed by atoms with E-state index in [-0.39, 0.29) is 5.97 Å². The molecule has 19 heavy (non-hydrogen) atoms. The molecule has 0 aromatic carbocycles. The SMILES string of the molecule is COC(=O)C(C)(C)CCN1CCC(OC)CC1CN. The van der Waals surface area contributed by atoms with E-state index in [0.29, 0.717) is 18.7 Å². The highest BCUT2D eigenvalue weighted by Gasteiger charge is 2.32. The zero-order chi connectivity index (χ0) is 14.5. The number of hydrogen-bond acceptors (Lipinski definition) is 5. The Morgan fingerprint density at radius 2 is 2.11 bits per heavy atom. The lowest BCUT2D eigenvalue weighted by Crippen LogP contribution is -2.49. The molecule has 2 unspecified atom stereocenters. The van der Waals surface area contributed by atoms with Crippen molar-refractivity contribution in [2.45, 2.75) is 45.3 Å². The molecular weight excluding hydrogens is 244 g/mol. The lowest BCUT2D eigenvalue weighted by molar-refractivity contribution is -0.151. The maximum Gasteiger partial charge on any atom is 0.311 e. The number of rotatable bonds is 6. The summed E-state index contributed by atoms with van der Waals surface area (Å²) in [6.07, 6.45) is 3.11. The van der Waals surface area contributed by atoms with E-state index in [2.05, 4.69) is 4.90 Å². The number of methoxy groups -OCH3 is 2. The molecule has 1 aliphatic heterocycles. The fourth-order valence-electron chi connectivity index (χ4n) is 2.62. The fraction of sp³-hybridized carbons (Fsp3) is 0.929. The smallest absolute Gasteiger partial charge is 0.311 e. The van der Waals surface area contributed by atoms with Crippen LogP contribution in [0.4, 0.5) is 0 Å². The monoisotopic (exact) mass is 272 g/mol. The van der Waals surface area contributed by atoms with Gasteiger partial charge in [0.2, 0.25) is 0 Å². The van der Waals surface area contributed by atoms with Crippen LogP contribution in [0.3, 0.4) is 0 Å². The number of carbonyl (C=O) groups excluding carboxylic acids is 1. The van der Waals surface area contributed by atoms with Gasteiger partial charge in [-0.1, -0.05) is 0 Å². The van der Waals surface area contributed by atoms with Crippen molar-refractivity contribution in [1.82, 2.24) is 4.90 Å². The summed E-state index contributed by atoms with van der Waals surface area (Å²) in [6, 6.07) is 0.354. The normalized spacial score (nSPS) is 25.3. The summed E-state index contributed by atoms with van der Waals surface area (Å²) in [5, 5.41) is 0. The van der Waals surface area contributed by atoms with Gasteiger partial charge in [0.05, 0.1) is 18.6 Å². The van der Waals surface area contributed by atoms with E-state index in [1.54, 1.807) is 7.11 Å². The number of esters is 1. The van der Waals surface area contributed by atoms with Crippen molar-refractivity contribution in [3.05, 3.63) is 0 Å². The van der Waals surface area contributed by atoms with Gasteiger partial charge >= 0.3 is 5.97 Å². The zero-order valence-electron chi connectivity index (χ0n) is 12.6. The molecule has 1 saturated heterocycles. The van der Waals surface area contributed by atoms with Gasteiger partial charge in [-0.2, -0.15) is 0 Å². The number of hydrogen-bond donors (Lipinski definition) is 1. The molecule has 0 saturated carbocycles. The highest BCUT2D eigenvalue weighted by atomic mass is 16.5. The van der Waals surface area contributed by atoms with Crippen molar-refractivity contribution in [3.8, 4) is 0 Å². The molecule has 0 aliphatic carbocycles. The third-order valence-electron chi connectivity index (χ3n) is 4.16. The first kappa shape index (κ1) is 16.4. The molecule has 0 aromatic heterocycles. The molecule has 0 bridgehead atoms. The quantitative estimate of drug-likeness (QED) is 0.731. The van der Waals surface area contributed by atoms with Crippen molar-refractivity contribution in [2.24, 2.45) is 11.1 Å². The zero-order valence-corrected chi connectivity index (χ0v) is 12.6. The third-order valence-corrected chi connectivity index (χ3v) is 4.16. The van der Waals surface area contributed by atoms with Crippen molar-refractivity contribution in [2.75, 3.05) is 33.9 Å². The Kier molecular flexibility index (Phi) is 6.23. The second-order valence-corrected chi connectivity index (χ2v) is 5.93. The molecule has 1 heterocycles. The van der Waals surface area contributed by atoms with Gasteiger partial charge in [-0.05, 0) is 39.7 Å². The minimum absolute atomic E-state index is 0.149. The molecule has 0 spiro atoms. The largest absolute Gasteiger partial charge is 0.469 e. The number of ether oxygens (including phenoxy) is 2. The highest BCUT2D eigenvalue weighted by Crippen LogP contribution is 2.25. The highest BCUT2D eigenvalue weighted by molar-refractivity contribution is 5.75. The van der Waals surface area contributed by atoms with Crippen molar-refractivity contribution in [1.29, 1.82) is 0 Å². The first-order chi connectivity index (χ1) is 8.94. The van der Waals surface area contributed by atoms with Crippen molar-refractivity contribution >= 4 is 5.97 Å². The van der Waals surface area contributed by atoms with Gasteiger partial charge in [0.1, 0.15) is 0 Å². The van der Waals surface area contributed by atoms with Gasteiger partial charge in [0.15, 0.2) is 0 Å². The van der Waals surface area contributed by atoms with Gasteiger partial charge in [-0.3, -0.25) is 9.69 Å². The molecule has 1 rings (SSSR count). The standard InChI is InChI=1S/C14H28N2O3/c1-14(2,13(17)19-4)6-8-16-7-5-12(18-3)9-11(16)10-15/h11-12H,5-10,15H2,1-4H3. The molecule has 5 nitrogen and oxygen atoms in total. The van der Waals surface area contributed by atoms with E-state index in [1.165, 1.54) is 7.11 Å². The van der Waals surface area contributed by atoms with Crippen LogP contribution in [-0.4, -0.2) is 56.9 Å². The Balaban J connectivity index is 2.50. The average Bonchev–Trinajstić information content (AvgIpc) is 2.43. The molecule has 112 valence electrons. The van der Waals surface area contributed by atoms with Crippen LogP contribution in [0.25, 0.3) is 0 Å². The van der Waals surface area contributed by atoms with E-state index < -0.39 is 5.41 Å². The Morgan fingerprint density at radius 3 is 2.63 bits per heavy atom. The summed E-state index contributed by atoms with van der Waals surface area (Å²) in [7, 11) is 3.20. The number of piperidine rings is 1. The maximum atomic E-state index is 11.7. The predicted octanol–water partition coefficient (Wildman–Crippen LogP) is 1.01. The molecular formula is C14H28N2O3. The molecule has 2 N–H and O–H groups in total. The molecule has 1 fully saturated rings. The fourth-order valence-corrected chi connectivity index (χ4v) is 2.62. The topological polar surface area (TPSA) is 64.8 Å². The van der Waals surface area contributed by atoms with E-state index in [1.807, 2.05) is 13.8 Å². The Hall–Kier alpha value is -0.650. The first-order valence-electron chi connectivity index (χ1n) is 7.00. The van der Waals surface area contributed by atoms with Crippen LogP contribution < -0.4 is 5.73 Å². The number of nitrogens with zero attached hydrogens (tertiary/aromatic N) is 1. The summed E-state index contributed by atoms with van der Waals surface area (Å²) in [4.78, 5) is 14.0. The molecule has 0 aromatic rings. The number of likely N-dealkylation sites (tertiary alicyclic amines) is 1. The minimum atomic E-state index is -0.438. The van der Waals surface area contributed by atoms with Crippen LogP contribution in [0.2, 0.25) is 0 Å². The van der Waals surface area contributed by atoms with Crippen LogP contribution >= 0.6 is 0 Å². The Morgan fingerprint density at radius 1 is 1.42 bits per heavy atom. The third kappa shape index (κ3) is 4.44. The first-order valence-corrected chi connectivity index (χ1v) is 7.00. The van der Waals surface area contributed by atoms with Gasteiger partial charge < -0.3 is 15.2 Å². The Labute approximate surface area is 116 Å². The van der Waals surface area contributed by atoms with Gasteiger partial charge in [-0.15, -0.1) is 0 Å². The van der Waals surface area contributed by atoms with Crippen LogP contribution in [0.15, 0.2) is 0 Å². The van der Waals surface area contributed by atoms with Crippen LogP contribution in [0.5, 0.6) is 0 Å². The molecule has 0 radical (unpaired) electrons. The molecule has 5 heteroatoms. The maximum absolute atomic E-state index is 11.7. The minimum Gasteiger partial charge on any atom is -0.469 e. The van der Waals surface area contributed by atoms with Crippen molar-refractivity contribution < 1.29 is 14.3 Å². The molecule has 1 aliphatic rings. The predicted molar refractivity (Wildman–Crippen MR) is 74.9 cm³/mol. The lowest BCUT2D eigenvalue weighted by Gasteiger charge is -2.39. The van der Waals surface area contributed by atoms with Gasteiger partial charge in [-0.25, -0.2) is 0 Å². The van der Waals surface area contributed by atoms with Gasteiger partial charge in [0, 0.05) is 26.2 Å². The second kappa shape index (κ2) is 7.22.